The zero-order chi connectivity index (χ0) is 13.5. The Morgan fingerprint density at radius 1 is 1.11 bits per heavy atom. The predicted molar refractivity (Wildman–Crippen MR) is 80.3 cm³/mol. The van der Waals surface area contributed by atoms with Crippen molar-refractivity contribution in [3.63, 3.8) is 0 Å². The maximum absolute atomic E-state index is 6.12. The molecule has 0 unspecified atom stereocenters. The van der Waals surface area contributed by atoms with E-state index in [0.29, 0.717) is 6.10 Å². The topological polar surface area (TPSA) is 21.3 Å². The third-order valence-corrected chi connectivity index (χ3v) is 4.20. The van der Waals surface area contributed by atoms with Crippen LogP contribution in [0, 0.1) is 5.92 Å². The molecule has 0 aliphatic heterocycles. The second kappa shape index (κ2) is 7.66. The molecule has 1 N–H and O–H groups in total. The van der Waals surface area contributed by atoms with Crippen LogP contribution in [0.25, 0.3) is 0 Å². The van der Waals surface area contributed by atoms with E-state index in [1.165, 1.54) is 36.8 Å². The first-order valence-electron chi connectivity index (χ1n) is 7.62. The Hall–Kier alpha value is -0.860. The first-order valence-corrected chi connectivity index (χ1v) is 7.62. The molecule has 0 saturated heterocycles. The SMILES string of the molecule is CNCCc1ccccc1COC1CCC(C)CC1. The van der Waals surface area contributed by atoms with Crippen molar-refractivity contribution >= 4 is 0 Å². The fraction of sp³-hybridized carbons (Fsp3) is 0.647. The summed E-state index contributed by atoms with van der Waals surface area (Å²) < 4.78 is 6.12. The number of likely N-dealkylation sites (N-methyl/N-ethyl adjacent to an activating group) is 1. The molecule has 0 spiro atoms. The summed E-state index contributed by atoms with van der Waals surface area (Å²) in [7, 11) is 2.00. The van der Waals surface area contributed by atoms with Gasteiger partial charge in [0.15, 0.2) is 0 Å². The normalized spacial score (nSPS) is 23.5. The second-order valence-corrected chi connectivity index (χ2v) is 5.82. The molecule has 2 rings (SSSR count). The minimum absolute atomic E-state index is 0.480. The predicted octanol–water partition coefficient (Wildman–Crippen LogP) is 3.54. The lowest BCUT2D eigenvalue weighted by Crippen LogP contribution is -2.20. The fourth-order valence-corrected chi connectivity index (χ4v) is 2.81. The fourth-order valence-electron chi connectivity index (χ4n) is 2.81. The van der Waals surface area contributed by atoms with E-state index in [2.05, 4.69) is 36.5 Å². The largest absolute Gasteiger partial charge is 0.374 e. The van der Waals surface area contributed by atoms with Crippen LogP contribution >= 0.6 is 0 Å². The van der Waals surface area contributed by atoms with Crippen LogP contribution in [-0.4, -0.2) is 19.7 Å². The number of nitrogens with one attached hydrogen (secondary N) is 1. The molecule has 0 amide bonds. The van der Waals surface area contributed by atoms with Gasteiger partial charge in [-0.3, -0.25) is 0 Å². The van der Waals surface area contributed by atoms with Crippen LogP contribution in [0.3, 0.4) is 0 Å². The zero-order valence-corrected chi connectivity index (χ0v) is 12.3. The van der Waals surface area contributed by atoms with Crippen molar-refractivity contribution in [2.45, 2.75) is 51.7 Å². The van der Waals surface area contributed by atoms with Gasteiger partial charge in [-0.05, 0) is 62.7 Å². The lowest BCUT2D eigenvalue weighted by molar-refractivity contribution is 0.00848. The summed E-state index contributed by atoms with van der Waals surface area (Å²) in [4.78, 5) is 0. The van der Waals surface area contributed by atoms with Gasteiger partial charge in [0.25, 0.3) is 0 Å². The van der Waals surface area contributed by atoms with E-state index in [0.717, 1.165) is 25.5 Å². The van der Waals surface area contributed by atoms with E-state index in [9.17, 15) is 0 Å². The van der Waals surface area contributed by atoms with Crippen molar-refractivity contribution in [3.05, 3.63) is 35.4 Å². The lowest BCUT2D eigenvalue weighted by atomic mass is 9.89. The molecule has 1 aliphatic carbocycles. The molecule has 1 aromatic rings. The smallest absolute Gasteiger partial charge is 0.0723 e. The van der Waals surface area contributed by atoms with E-state index in [4.69, 9.17) is 4.74 Å². The molecule has 0 heterocycles. The first-order chi connectivity index (χ1) is 9.29. The van der Waals surface area contributed by atoms with Gasteiger partial charge in [-0.2, -0.15) is 0 Å². The van der Waals surface area contributed by atoms with Crippen molar-refractivity contribution < 1.29 is 4.74 Å². The van der Waals surface area contributed by atoms with Crippen LogP contribution in [0.4, 0.5) is 0 Å². The van der Waals surface area contributed by atoms with Crippen LogP contribution < -0.4 is 5.32 Å². The summed E-state index contributed by atoms with van der Waals surface area (Å²) in [5, 5.41) is 3.21. The van der Waals surface area contributed by atoms with Gasteiger partial charge in [-0.15, -0.1) is 0 Å². The Bertz CT molecular complexity index is 369. The summed E-state index contributed by atoms with van der Waals surface area (Å²) in [6.45, 7) is 4.15. The van der Waals surface area contributed by atoms with Gasteiger partial charge < -0.3 is 10.1 Å². The quantitative estimate of drug-likeness (QED) is 0.845. The summed E-state index contributed by atoms with van der Waals surface area (Å²) >= 11 is 0. The maximum atomic E-state index is 6.12. The molecule has 0 bridgehead atoms. The van der Waals surface area contributed by atoms with Gasteiger partial charge in [-0.1, -0.05) is 31.2 Å². The van der Waals surface area contributed by atoms with Gasteiger partial charge in [0.2, 0.25) is 0 Å². The van der Waals surface area contributed by atoms with Crippen molar-refractivity contribution in [1.29, 1.82) is 0 Å². The van der Waals surface area contributed by atoms with Crippen LogP contribution in [0.5, 0.6) is 0 Å². The minimum Gasteiger partial charge on any atom is -0.374 e. The van der Waals surface area contributed by atoms with Gasteiger partial charge >= 0.3 is 0 Å². The monoisotopic (exact) mass is 261 g/mol. The summed E-state index contributed by atoms with van der Waals surface area (Å²) in [6.07, 6.45) is 6.68. The first kappa shape index (κ1) is 14.5. The van der Waals surface area contributed by atoms with E-state index < -0.39 is 0 Å². The summed E-state index contributed by atoms with van der Waals surface area (Å²) in [5.41, 5.74) is 2.78. The van der Waals surface area contributed by atoms with E-state index in [1.807, 2.05) is 7.05 Å². The van der Waals surface area contributed by atoms with Gasteiger partial charge in [0, 0.05) is 0 Å². The Morgan fingerprint density at radius 2 is 1.79 bits per heavy atom. The Morgan fingerprint density at radius 3 is 2.47 bits per heavy atom. The van der Waals surface area contributed by atoms with Crippen molar-refractivity contribution in [1.82, 2.24) is 5.32 Å². The van der Waals surface area contributed by atoms with Gasteiger partial charge in [-0.25, -0.2) is 0 Å². The molecule has 1 fully saturated rings. The average Bonchev–Trinajstić information content (AvgIpc) is 2.45. The van der Waals surface area contributed by atoms with E-state index in [-0.39, 0.29) is 0 Å². The van der Waals surface area contributed by atoms with Crippen molar-refractivity contribution in [2.75, 3.05) is 13.6 Å². The lowest BCUT2D eigenvalue weighted by Gasteiger charge is -2.26. The molecule has 1 aliphatic rings. The highest BCUT2D eigenvalue weighted by Gasteiger charge is 2.18. The average molecular weight is 261 g/mol. The molecule has 0 aromatic heterocycles. The molecule has 1 aromatic carbocycles. The summed E-state index contributed by atoms with van der Waals surface area (Å²) in [5.74, 6) is 0.891. The van der Waals surface area contributed by atoms with Crippen LogP contribution in [0.15, 0.2) is 24.3 Å². The molecule has 19 heavy (non-hydrogen) atoms. The van der Waals surface area contributed by atoms with Crippen molar-refractivity contribution in [2.24, 2.45) is 5.92 Å². The molecular weight excluding hydrogens is 234 g/mol. The standard InChI is InChI=1S/C17H27NO/c1-14-7-9-17(10-8-14)19-13-16-6-4-3-5-15(16)11-12-18-2/h3-6,14,17-18H,7-13H2,1-2H3. The van der Waals surface area contributed by atoms with Gasteiger partial charge in [0.1, 0.15) is 0 Å². The molecule has 106 valence electrons. The number of rotatable bonds is 6. The Labute approximate surface area is 117 Å². The number of hydrogen-bond acceptors (Lipinski definition) is 2. The van der Waals surface area contributed by atoms with Crippen LogP contribution in [0.2, 0.25) is 0 Å². The van der Waals surface area contributed by atoms with Crippen LogP contribution in [-0.2, 0) is 17.8 Å². The number of hydrogen-bond donors (Lipinski definition) is 1. The highest BCUT2D eigenvalue weighted by molar-refractivity contribution is 5.26. The zero-order valence-electron chi connectivity index (χ0n) is 12.3. The van der Waals surface area contributed by atoms with Gasteiger partial charge in [0.05, 0.1) is 12.7 Å². The Balaban J connectivity index is 1.84. The number of ether oxygens (including phenoxy) is 1. The third kappa shape index (κ3) is 4.63. The Kier molecular flexibility index (Phi) is 5.87. The maximum Gasteiger partial charge on any atom is 0.0723 e. The highest BCUT2D eigenvalue weighted by Crippen LogP contribution is 2.26. The number of benzene rings is 1. The molecular formula is C17H27NO. The summed E-state index contributed by atoms with van der Waals surface area (Å²) in [6, 6.07) is 8.66. The molecule has 0 atom stereocenters. The second-order valence-electron chi connectivity index (χ2n) is 5.82. The molecule has 2 heteroatoms. The van der Waals surface area contributed by atoms with Crippen molar-refractivity contribution in [3.8, 4) is 0 Å². The molecule has 0 radical (unpaired) electrons. The molecule has 1 saturated carbocycles. The molecule has 2 nitrogen and oxygen atoms in total. The minimum atomic E-state index is 0.480. The van der Waals surface area contributed by atoms with E-state index >= 15 is 0 Å². The van der Waals surface area contributed by atoms with E-state index in [1.54, 1.807) is 0 Å². The van der Waals surface area contributed by atoms with Crippen LogP contribution in [0.1, 0.15) is 43.7 Å². The third-order valence-electron chi connectivity index (χ3n) is 4.20. The highest BCUT2D eigenvalue weighted by atomic mass is 16.5.